The van der Waals surface area contributed by atoms with Crippen molar-refractivity contribution in [2.45, 2.75) is 5.79 Å². The quantitative estimate of drug-likeness (QED) is 0.450. The Morgan fingerprint density at radius 1 is 0.708 bits per heavy atom. The summed E-state index contributed by atoms with van der Waals surface area (Å²) < 4.78 is 6.07. The molecule has 3 aromatic carbocycles. The van der Waals surface area contributed by atoms with Gasteiger partial charge in [-0.2, -0.15) is 4.89 Å². The molecule has 4 rings (SSSR count). The highest BCUT2D eigenvalue weighted by Gasteiger charge is 2.47. The highest BCUT2D eigenvalue weighted by molar-refractivity contribution is 6.12. The number of carbonyl (C=O) groups is 1. The van der Waals surface area contributed by atoms with Crippen LogP contribution in [0.2, 0.25) is 0 Å². The number of ketones is 1. The molecule has 0 saturated carbocycles. The topological polar surface area (TPSA) is 55.8 Å². The highest BCUT2D eigenvalue weighted by Crippen LogP contribution is 2.43. The van der Waals surface area contributed by atoms with Crippen molar-refractivity contribution in [3.05, 3.63) is 101 Å². The Morgan fingerprint density at radius 2 is 1.21 bits per heavy atom. The summed E-state index contributed by atoms with van der Waals surface area (Å²) in [7, 11) is 0. The maximum absolute atomic E-state index is 12.8. The second-order valence-electron chi connectivity index (χ2n) is 5.54. The molecule has 24 heavy (non-hydrogen) atoms. The number of carbonyl (C=O) groups excluding carboxylic acids is 1. The lowest BCUT2D eigenvalue weighted by Gasteiger charge is -2.37. The summed E-state index contributed by atoms with van der Waals surface area (Å²) in [6, 6.07) is 23.0. The Labute approximate surface area is 138 Å². The van der Waals surface area contributed by atoms with Crippen LogP contribution in [0, 0.1) is 0 Å². The van der Waals surface area contributed by atoms with E-state index in [0.717, 1.165) is 0 Å². The first-order valence-corrected chi connectivity index (χ1v) is 7.56. The number of ether oxygens (including phenoxy) is 1. The molecule has 0 atom stereocenters. The molecule has 1 N–H and O–H groups in total. The lowest BCUT2D eigenvalue weighted by molar-refractivity contribution is -0.373. The third-order valence-electron chi connectivity index (χ3n) is 4.19. The lowest BCUT2D eigenvalue weighted by atomic mass is 9.80. The lowest BCUT2D eigenvalue weighted by Crippen LogP contribution is -2.42. The molecule has 118 valence electrons. The van der Waals surface area contributed by atoms with Gasteiger partial charge in [-0.1, -0.05) is 66.7 Å². The van der Waals surface area contributed by atoms with Crippen molar-refractivity contribution in [3.63, 3.8) is 0 Å². The van der Waals surface area contributed by atoms with Gasteiger partial charge in [-0.25, -0.2) is 5.26 Å². The van der Waals surface area contributed by atoms with Crippen LogP contribution < -0.4 is 4.74 Å². The van der Waals surface area contributed by atoms with Crippen molar-refractivity contribution >= 4 is 5.78 Å². The van der Waals surface area contributed by atoms with Crippen LogP contribution in [0.5, 0.6) is 5.75 Å². The second kappa shape index (κ2) is 5.60. The summed E-state index contributed by atoms with van der Waals surface area (Å²) in [5, 5.41) is 9.85. The van der Waals surface area contributed by atoms with Crippen molar-refractivity contribution in [2.75, 3.05) is 0 Å². The van der Waals surface area contributed by atoms with Crippen LogP contribution in [0.4, 0.5) is 0 Å². The molecule has 0 unspecified atom stereocenters. The second-order valence-corrected chi connectivity index (χ2v) is 5.54. The Bertz CT molecular complexity index is 853. The third-order valence-corrected chi connectivity index (χ3v) is 4.19. The first kappa shape index (κ1) is 14.6. The molecule has 4 heteroatoms. The van der Waals surface area contributed by atoms with E-state index in [9.17, 15) is 10.1 Å². The molecule has 0 aromatic heterocycles. The fourth-order valence-corrected chi connectivity index (χ4v) is 3.11. The van der Waals surface area contributed by atoms with Crippen LogP contribution >= 0.6 is 0 Å². The van der Waals surface area contributed by atoms with E-state index < -0.39 is 5.79 Å². The van der Waals surface area contributed by atoms with Crippen molar-refractivity contribution in [3.8, 4) is 5.75 Å². The number of hydrogen-bond donors (Lipinski definition) is 1. The van der Waals surface area contributed by atoms with Gasteiger partial charge in [0.25, 0.3) is 5.79 Å². The van der Waals surface area contributed by atoms with E-state index in [1.807, 2.05) is 18.2 Å². The van der Waals surface area contributed by atoms with Crippen LogP contribution in [-0.2, 0) is 10.7 Å². The van der Waals surface area contributed by atoms with Crippen molar-refractivity contribution in [1.29, 1.82) is 0 Å². The number of fused-ring (bicyclic) bond motifs is 2. The predicted molar refractivity (Wildman–Crippen MR) is 87.9 cm³/mol. The minimum absolute atomic E-state index is 0.120. The molecular weight excluding hydrogens is 304 g/mol. The summed E-state index contributed by atoms with van der Waals surface area (Å²) in [4.78, 5) is 17.7. The molecule has 4 nitrogen and oxygen atoms in total. The molecule has 1 aliphatic rings. The van der Waals surface area contributed by atoms with Crippen LogP contribution in [0.15, 0.2) is 78.9 Å². The van der Waals surface area contributed by atoms with Gasteiger partial charge in [-0.05, 0) is 12.1 Å². The predicted octanol–water partition coefficient (Wildman–Crippen LogP) is 4.00. The minimum Gasteiger partial charge on any atom is -0.451 e. The molecule has 0 heterocycles. The number of rotatable bonds is 3. The van der Waals surface area contributed by atoms with E-state index in [4.69, 9.17) is 9.62 Å². The number of hydrogen-bond acceptors (Lipinski definition) is 4. The van der Waals surface area contributed by atoms with Crippen LogP contribution in [-0.4, -0.2) is 11.0 Å². The molecule has 0 spiro atoms. The van der Waals surface area contributed by atoms with Crippen molar-refractivity contribution in [1.82, 2.24) is 0 Å². The van der Waals surface area contributed by atoms with Gasteiger partial charge >= 0.3 is 0 Å². The molecule has 3 aromatic rings. The summed E-state index contributed by atoms with van der Waals surface area (Å²) in [5.41, 5.74) is 1.84. The van der Waals surface area contributed by atoms with Gasteiger partial charge in [0.1, 0.15) is 5.75 Å². The average molecular weight is 318 g/mol. The molecule has 0 saturated heterocycles. The first-order valence-electron chi connectivity index (χ1n) is 7.56. The van der Waals surface area contributed by atoms with Crippen LogP contribution in [0.1, 0.15) is 27.0 Å². The fourth-order valence-electron chi connectivity index (χ4n) is 3.11. The Hall–Kier alpha value is -2.95. The minimum atomic E-state index is -1.59. The van der Waals surface area contributed by atoms with E-state index in [1.54, 1.807) is 60.7 Å². The maximum Gasteiger partial charge on any atom is 0.294 e. The molecule has 0 bridgehead atoms. The van der Waals surface area contributed by atoms with E-state index in [2.05, 4.69) is 0 Å². The SMILES string of the molecule is O=C1c2ccccc2C(OO)(Oc2ccccc2)c2ccccc21. The van der Waals surface area contributed by atoms with Gasteiger partial charge in [-0.3, -0.25) is 4.79 Å². The summed E-state index contributed by atoms with van der Waals surface area (Å²) in [6.07, 6.45) is 0. The van der Waals surface area contributed by atoms with E-state index in [1.165, 1.54) is 0 Å². The molecule has 0 amide bonds. The molecular formula is C20H14O4. The van der Waals surface area contributed by atoms with Gasteiger partial charge in [-0.15, -0.1) is 0 Å². The third kappa shape index (κ3) is 2.05. The van der Waals surface area contributed by atoms with Gasteiger partial charge < -0.3 is 4.74 Å². The summed E-state index contributed by atoms with van der Waals surface area (Å²) >= 11 is 0. The monoisotopic (exact) mass is 318 g/mol. The molecule has 0 radical (unpaired) electrons. The Balaban J connectivity index is 1.99. The fraction of sp³-hybridized carbons (Fsp3) is 0.0500. The van der Waals surface area contributed by atoms with Gasteiger partial charge in [0.15, 0.2) is 5.78 Å². The molecule has 0 fully saturated rings. The smallest absolute Gasteiger partial charge is 0.294 e. The Morgan fingerprint density at radius 3 is 1.75 bits per heavy atom. The van der Waals surface area contributed by atoms with E-state index in [0.29, 0.717) is 28.0 Å². The molecule has 0 aliphatic heterocycles. The zero-order valence-corrected chi connectivity index (χ0v) is 12.7. The van der Waals surface area contributed by atoms with E-state index >= 15 is 0 Å². The zero-order valence-electron chi connectivity index (χ0n) is 12.7. The van der Waals surface area contributed by atoms with Gasteiger partial charge in [0.05, 0.1) is 0 Å². The van der Waals surface area contributed by atoms with E-state index in [-0.39, 0.29) is 5.78 Å². The van der Waals surface area contributed by atoms with Crippen LogP contribution in [0.25, 0.3) is 0 Å². The number of benzene rings is 3. The first-order chi connectivity index (χ1) is 11.8. The largest absolute Gasteiger partial charge is 0.451 e. The van der Waals surface area contributed by atoms with Gasteiger partial charge in [0, 0.05) is 22.3 Å². The maximum atomic E-state index is 12.8. The standard InChI is InChI=1S/C20H14O4/c21-19-15-10-4-6-12-17(15)20(24-22,18-13-7-5-11-16(18)19)23-14-8-2-1-3-9-14/h1-13,22H. The van der Waals surface area contributed by atoms with Crippen molar-refractivity contribution in [2.24, 2.45) is 0 Å². The number of para-hydroxylation sites is 1. The Kier molecular flexibility index (Phi) is 3.41. The summed E-state index contributed by atoms with van der Waals surface area (Å²) in [6.45, 7) is 0. The molecule has 1 aliphatic carbocycles. The van der Waals surface area contributed by atoms with Crippen molar-refractivity contribution < 1.29 is 19.7 Å². The van der Waals surface area contributed by atoms with Gasteiger partial charge in [0.2, 0.25) is 0 Å². The normalized spacial score (nSPS) is 14.6. The average Bonchev–Trinajstić information content (AvgIpc) is 2.66. The highest BCUT2D eigenvalue weighted by atomic mass is 17.1. The zero-order chi connectivity index (χ0) is 16.6. The van der Waals surface area contributed by atoms with Crippen LogP contribution in [0.3, 0.4) is 0 Å². The summed E-state index contributed by atoms with van der Waals surface area (Å²) in [5.74, 6) is -1.20.